The molecule has 1 unspecified atom stereocenters. The molecule has 1 aromatic carbocycles. The van der Waals surface area contributed by atoms with E-state index in [1.54, 1.807) is 5.38 Å². The van der Waals surface area contributed by atoms with Gasteiger partial charge >= 0.3 is 12.2 Å². The number of benzene rings is 1. The fraction of sp³-hybridized carbons (Fsp3) is 0.500. The summed E-state index contributed by atoms with van der Waals surface area (Å²) in [6.07, 6.45) is -0.677. The summed E-state index contributed by atoms with van der Waals surface area (Å²) >= 11 is 2.06. The van der Waals surface area contributed by atoms with E-state index in [0.717, 1.165) is 53.1 Å². The van der Waals surface area contributed by atoms with Crippen LogP contribution in [0.2, 0.25) is 0 Å². The zero-order valence-corrected chi connectivity index (χ0v) is 27.2. The van der Waals surface area contributed by atoms with Crippen molar-refractivity contribution in [2.75, 3.05) is 11.4 Å². The second-order valence-electron chi connectivity index (χ2n) is 11.9. The monoisotopic (exact) mass is 665 g/mol. The topological polar surface area (TPSA) is 129 Å². The summed E-state index contributed by atoms with van der Waals surface area (Å²) in [5.41, 5.74) is 1.14. The van der Waals surface area contributed by atoms with Crippen LogP contribution in [0.1, 0.15) is 80.9 Å². The van der Waals surface area contributed by atoms with Crippen molar-refractivity contribution in [3.63, 3.8) is 0 Å². The summed E-state index contributed by atoms with van der Waals surface area (Å²) in [4.78, 5) is 61.9. The molecule has 2 aromatic rings. The molecule has 2 aliphatic rings. The van der Waals surface area contributed by atoms with Gasteiger partial charge in [0.25, 0.3) is 11.8 Å². The van der Waals surface area contributed by atoms with Crippen molar-refractivity contribution in [2.45, 2.75) is 77.5 Å². The second-order valence-corrected chi connectivity index (χ2v) is 13.8. The van der Waals surface area contributed by atoms with Gasteiger partial charge in [0.15, 0.2) is 5.13 Å². The van der Waals surface area contributed by atoms with Crippen molar-refractivity contribution in [1.82, 2.24) is 20.2 Å². The Morgan fingerprint density at radius 1 is 1.16 bits per heavy atom. The molecule has 1 fully saturated rings. The van der Waals surface area contributed by atoms with Crippen LogP contribution in [0.5, 0.6) is 0 Å². The number of alkyl halides is 3. The number of carbonyl (C=O) groups is 3. The van der Waals surface area contributed by atoms with Crippen molar-refractivity contribution >= 4 is 52.4 Å². The summed E-state index contributed by atoms with van der Waals surface area (Å²) in [6, 6.07) is 2.55. The number of thioether (sulfide) groups is 1. The van der Waals surface area contributed by atoms with E-state index in [-0.39, 0.29) is 34.2 Å². The minimum atomic E-state index is -4.65. The first-order chi connectivity index (χ1) is 21.2. The molecule has 45 heavy (non-hydrogen) atoms. The van der Waals surface area contributed by atoms with E-state index in [0.29, 0.717) is 17.1 Å². The molecule has 0 saturated heterocycles. The van der Waals surface area contributed by atoms with E-state index >= 15 is 0 Å². The van der Waals surface area contributed by atoms with Gasteiger partial charge in [0, 0.05) is 23.7 Å². The second kappa shape index (κ2) is 13.9. The highest BCUT2D eigenvalue weighted by Gasteiger charge is 2.44. The lowest BCUT2D eigenvalue weighted by molar-refractivity contribution is -0.137. The van der Waals surface area contributed by atoms with Crippen LogP contribution in [0.15, 0.2) is 40.2 Å². The number of halogens is 3. The molecule has 2 heterocycles. The third-order valence-electron chi connectivity index (χ3n) is 7.28. The molecule has 3 N–H and O–H groups in total. The van der Waals surface area contributed by atoms with Crippen LogP contribution in [0.4, 0.5) is 23.1 Å². The number of aromatic nitrogens is 1. The van der Waals surface area contributed by atoms with Crippen LogP contribution in [-0.2, 0) is 15.8 Å². The van der Waals surface area contributed by atoms with Gasteiger partial charge < -0.3 is 4.90 Å². The molecule has 1 saturated carbocycles. The van der Waals surface area contributed by atoms with Crippen LogP contribution in [0, 0.1) is 11.8 Å². The molecule has 1 radical (unpaired) electrons. The normalized spacial score (nSPS) is 17.6. The Balaban J connectivity index is 1.73. The average Bonchev–Trinajstić information content (AvgIpc) is 3.60. The maximum atomic E-state index is 14.3. The van der Waals surface area contributed by atoms with Gasteiger partial charge in [0.2, 0.25) is 6.29 Å². The molecule has 10 nitrogen and oxygen atoms in total. The van der Waals surface area contributed by atoms with Gasteiger partial charge in [-0.25, -0.2) is 15.6 Å². The Labute approximate surface area is 268 Å². The third-order valence-corrected chi connectivity index (χ3v) is 9.57. The fourth-order valence-corrected chi connectivity index (χ4v) is 7.29. The van der Waals surface area contributed by atoms with Gasteiger partial charge in [-0.2, -0.15) is 13.2 Å². The minimum Gasteiger partial charge on any atom is -0.345 e. The lowest BCUT2D eigenvalue weighted by atomic mass is 10.0. The number of hydrogen-bond donors (Lipinski definition) is 2. The number of nitrogens with two attached hydrogens (primary N) is 1. The maximum Gasteiger partial charge on any atom is 0.416 e. The molecule has 243 valence electrons. The highest BCUT2D eigenvalue weighted by Crippen LogP contribution is 2.49. The number of rotatable bonds is 11. The Morgan fingerprint density at radius 3 is 2.40 bits per heavy atom. The smallest absolute Gasteiger partial charge is 0.345 e. The number of amides is 4. The van der Waals surface area contributed by atoms with E-state index in [9.17, 15) is 32.3 Å². The molecule has 1 aliphatic carbocycles. The summed E-state index contributed by atoms with van der Waals surface area (Å²) in [5.74, 6) is 3.94. The molecule has 2 atom stereocenters. The lowest BCUT2D eigenvalue weighted by Crippen LogP contribution is -2.47. The zero-order chi connectivity index (χ0) is 33.2. The van der Waals surface area contributed by atoms with Crippen molar-refractivity contribution in [3.8, 4) is 0 Å². The molecular formula is C30H36F3N6O4S2. The van der Waals surface area contributed by atoms with Crippen LogP contribution in [-0.4, -0.2) is 57.5 Å². The number of carbonyl (C=O) groups excluding carboxylic acids is 4. The number of hydrazine groups is 1. The molecule has 0 bridgehead atoms. The lowest BCUT2D eigenvalue weighted by Gasteiger charge is -2.27. The van der Waals surface area contributed by atoms with Crippen LogP contribution in [0.25, 0.3) is 0 Å². The van der Waals surface area contributed by atoms with Gasteiger partial charge in [0.05, 0.1) is 10.5 Å². The summed E-state index contributed by atoms with van der Waals surface area (Å²) in [6.45, 7) is 9.98. The van der Waals surface area contributed by atoms with Crippen molar-refractivity contribution in [1.29, 1.82) is 0 Å². The Morgan fingerprint density at radius 2 is 1.84 bits per heavy atom. The van der Waals surface area contributed by atoms with E-state index in [2.05, 4.69) is 23.7 Å². The number of thiazole rings is 1. The average molecular weight is 666 g/mol. The third kappa shape index (κ3) is 7.69. The number of nitrogens with zero attached hydrogens (tertiary/aromatic N) is 4. The van der Waals surface area contributed by atoms with Crippen molar-refractivity contribution < 1.29 is 32.3 Å². The summed E-state index contributed by atoms with van der Waals surface area (Å²) in [5, 5.41) is 1.07. The molecule has 1 aromatic heterocycles. The number of imide groups is 1. The number of urea groups is 1. The highest BCUT2D eigenvalue weighted by atomic mass is 32.2. The molecule has 0 spiro atoms. The molecule has 4 amide bonds. The van der Waals surface area contributed by atoms with E-state index in [1.165, 1.54) is 30.4 Å². The predicted octanol–water partition coefficient (Wildman–Crippen LogP) is 5.84. The minimum absolute atomic E-state index is 0.0194. The van der Waals surface area contributed by atoms with E-state index < -0.39 is 41.0 Å². The van der Waals surface area contributed by atoms with E-state index in [4.69, 9.17) is 5.84 Å². The first kappa shape index (κ1) is 34.4. The molecule has 4 rings (SSSR count). The van der Waals surface area contributed by atoms with Crippen LogP contribution >= 0.6 is 23.1 Å². The number of nitrogens with one attached hydrogen (secondary N) is 1. The van der Waals surface area contributed by atoms with Gasteiger partial charge in [0.1, 0.15) is 17.1 Å². The van der Waals surface area contributed by atoms with Crippen molar-refractivity contribution in [3.05, 3.63) is 57.1 Å². The molecule has 1 aliphatic heterocycles. The van der Waals surface area contributed by atoms with Crippen molar-refractivity contribution in [2.24, 2.45) is 17.7 Å². The Kier molecular flexibility index (Phi) is 10.6. The maximum absolute atomic E-state index is 14.3. The largest absolute Gasteiger partial charge is 0.416 e. The fourth-order valence-electron chi connectivity index (χ4n) is 5.07. The zero-order valence-electron chi connectivity index (χ0n) is 25.6. The molecular weight excluding hydrogens is 629 g/mol. The van der Waals surface area contributed by atoms with Crippen LogP contribution in [0.3, 0.4) is 0 Å². The Hall–Kier alpha value is -3.43. The Bertz CT molecular complexity index is 1470. The van der Waals surface area contributed by atoms with Gasteiger partial charge in [-0.05, 0) is 55.7 Å². The van der Waals surface area contributed by atoms with Crippen LogP contribution < -0.4 is 16.2 Å². The first-order valence-electron chi connectivity index (χ1n) is 14.5. The summed E-state index contributed by atoms with van der Waals surface area (Å²) < 4.78 is 40.6. The SMILES string of the molecule is CC1=C(C(=O)N(C(=O)c2csc(N(CC(C)C)C3CC3)n2)[C@H]([C]=O)CC(C)C)SC(c2cccc(C(F)(F)F)c2)N1C(=O)NN. The van der Waals surface area contributed by atoms with E-state index in [1.807, 2.05) is 25.6 Å². The van der Waals surface area contributed by atoms with Gasteiger partial charge in [-0.15, -0.1) is 11.3 Å². The quantitative estimate of drug-likeness (QED) is 0.133. The first-order valence-corrected chi connectivity index (χ1v) is 16.3. The standard InChI is InChI=1S/C30H36F3N6O4S2/c1-16(2)11-22(14-40)39(25(41)23-15-44-29(35-23)37(13-17(3)4)21-9-10-21)26(42)24-18(5)38(28(43)36-34)27(45-24)19-7-6-8-20(12-19)30(31,32)33/h6-8,12,15-17,21-22,27H,9-11,13,34H2,1-5H3,(H,36,43)/t22-,27?/m0/s1. The highest BCUT2D eigenvalue weighted by molar-refractivity contribution is 8.04. The molecule has 15 heteroatoms. The number of allylic oxidation sites excluding steroid dienone is 1. The number of hydrogen-bond acceptors (Lipinski definition) is 9. The van der Waals surface area contributed by atoms with Gasteiger partial charge in [-0.3, -0.25) is 29.6 Å². The number of anilines is 1. The predicted molar refractivity (Wildman–Crippen MR) is 166 cm³/mol. The van der Waals surface area contributed by atoms with Gasteiger partial charge in [-0.1, -0.05) is 51.6 Å². The summed E-state index contributed by atoms with van der Waals surface area (Å²) in [7, 11) is 0.